The number of rotatable bonds is 4. The van der Waals surface area contributed by atoms with Crippen LogP contribution in [-0.2, 0) is 4.79 Å². The van der Waals surface area contributed by atoms with Crippen LogP contribution in [0.1, 0.15) is 24.9 Å². The van der Waals surface area contributed by atoms with Gasteiger partial charge < -0.3 is 15.4 Å². The van der Waals surface area contributed by atoms with Gasteiger partial charge in [0.05, 0.1) is 19.7 Å². The molecular weight excluding hydrogens is 266 g/mol. The highest BCUT2D eigenvalue weighted by molar-refractivity contribution is 5.78. The zero-order valence-corrected chi connectivity index (χ0v) is 13.1. The Bertz CT molecular complexity index is 490. The van der Waals surface area contributed by atoms with Crippen LogP contribution >= 0.6 is 0 Å². The summed E-state index contributed by atoms with van der Waals surface area (Å²) in [6, 6.07) is 7.91. The highest BCUT2D eigenvalue weighted by Crippen LogP contribution is 2.27. The summed E-state index contributed by atoms with van der Waals surface area (Å²) in [6.45, 7) is 4.09. The fourth-order valence-corrected chi connectivity index (χ4v) is 2.92. The molecule has 1 aliphatic heterocycles. The molecule has 2 rings (SSSR count). The number of carbonyl (C=O) groups is 1. The molecule has 0 aromatic heterocycles. The summed E-state index contributed by atoms with van der Waals surface area (Å²) in [5, 5.41) is 0. The molecule has 1 fully saturated rings. The van der Waals surface area contributed by atoms with Gasteiger partial charge in [-0.2, -0.15) is 0 Å². The van der Waals surface area contributed by atoms with E-state index in [4.69, 9.17) is 10.5 Å². The minimum absolute atomic E-state index is 0.0237. The third kappa shape index (κ3) is 3.74. The van der Waals surface area contributed by atoms with Gasteiger partial charge >= 0.3 is 0 Å². The molecule has 1 aliphatic rings. The number of hydrogen-bond acceptors (Lipinski definition) is 4. The summed E-state index contributed by atoms with van der Waals surface area (Å²) in [5.41, 5.74) is 7.31. The van der Waals surface area contributed by atoms with E-state index < -0.39 is 0 Å². The number of ether oxygens (including phenoxy) is 1. The van der Waals surface area contributed by atoms with Gasteiger partial charge in [-0.25, -0.2) is 0 Å². The Morgan fingerprint density at radius 2 is 2.10 bits per heavy atom. The molecule has 0 aliphatic carbocycles. The molecule has 21 heavy (non-hydrogen) atoms. The van der Waals surface area contributed by atoms with Crippen molar-refractivity contribution in [2.75, 3.05) is 33.8 Å². The van der Waals surface area contributed by atoms with E-state index in [1.165, 1.54) is 0 Å². The molecule has 0 bridgehead atoms. The van der Waals surface area contributed by atoms with Gasteiger partial charge in [-0.15, -0.1) is 0 Å². The molecule has 0 radical (unpaired) electrons. The number of hydrogen-bond donors (Lipinski definition) is 1. The Morgan fingerprint density at radius 1 is 1.33 bits per heavy atom. The maximum absolute atomic E-state index is 12.1. The first-order chi connectivity index (χ1) is 10.0. The molecule has 5 nitrogen and oxygen atoms in total. The van der Waals surface area contributed by atoms with Gasteiger partial charge in [-0.1, -0.05) is 12.1 Å². The fraction of sp³-hybridized carbons (Fsp3) is 0.562. The van der Waals surface area contributed by atoms with Gasteiger partial charge in [0.15, 0.2) is 0 Å². The van der Waals surface area contributed by atoms with Crippen LogP contribution in [0, 0.1) is 0 Å². The normalized spacial score (nSPS) is 20.0. The molecule has 0 spiro atoms. The maximum Gasteiger partial charge on any atom is 0.236 e. The number of likely N-dealkylation sites (N-methyl/N-ethyl adjacent to an activating group) is 1. The van der Waals surface area contributed by atoms with E-state index in [2.05, 4.69) is 11.0 Å². The average molecular weight is 291 g/mol. The summed E-state index contributed by atoms with van der Waals surface area (Å²) in [5.74, 6) is 0.970. The molecule has 116 valence electrons. The lowest BCUT2D eigenvalue weighted by atomic mass is 9.98. The highest BCUT2D eigenvalue weighted by atomic mass is 16.5. The second-order valence-corrected chi connectivity index (χ2v) is 5.72. The van der Waals surface area contributed by atoms with Crippen LogP contribution in [0.25, 0.3) is 0 Å². The minimum Gasteiger partial charge on any atom is -0.497 e. The van der Waals surface area contributed by atoms with Crippen LogP contribution in [0.15, 0.2) is 24.3 Å². The molecule has 5 heteroatoms. The van der Waals surface area contributed by atoms with Crippen LogP contribution in [0.4, 0.5) is 0 Å². The van der Waals surface area contributed by atoms with Gasteiger partial charge in [0.1, 0.15) is 5.75 Å². The number of amides is 1. The predicted octanol–water partition coefficient (Wildman–Crippen LogP) is 1.25. The van der Waals surface area contributed by atoms with E-state index in [1.807, 2.05) is 32.2 Å². The van der Waals surface area contributed by atoms with Crippen LogP contribution < -0.4 is 10.5 Å². The van der Waals surface area contributed by atoms with Crippen molar-refractivity contribution in [3.63, 3.8) is 0 Å². The number of nitrogens with two attached hydrogens (primary N) is 1. The zero-order chi connectivity index (χ0) is 15.4. The van der Waals surface area contributed by atoms with Crippen molar-refractivity contribution >= 4 is 5.91 Å². The summed E-state index contributed by atoms with van der Waals surface area (Å²) in [7, 11) is 3.52. The van der Waals surface area contributed by atoms with Crippen LogP contribution in [0.2, 0.25) is 0 Å². The van der Waals surface area contributed by atoms with Crippen LogP contribution in [0.3, 0.4) is 0 Å². The van der Waals surface area contributed by atoms with Crippen molar-refractivity contribution in [2.45, 2.75) is 25.4 Å². The third-order valence-electron chi connectivity index (χ3n) is 4.03. The van der Waals surface area contributed by atoms with Gasteiger partial charge in [0.2, 0.25) is 5.91 Å². The first-order valence-corrected chi connectivity index (χ1v) is 7.40. The van der Waals surface area contributed by atoms with Gasteiger partial charge in [-0.05, 0) is 31.0 Å². The number of carbonyl (C=O) groups excluding carboxylic acids is 1. The molecule has 1 saturated heterocycles. The SMILES string of the molecule is COc1cccc(C(C(C)N)N2CCCN(C)C(=O)C2)c1. The molecule has 2 atom stereocenters. The third-order valence-corrected chi connectivity index (χ3v) is 4.03. The Balaban J connectivity index is 2.27. The molecule has 2 N–H and O–H groups in total. The second kappa shape index (κ2) is 6.91. The van der Waals surface area contributed by atoms with E-state index >= 15 is 0 Å². The van der Waals surface area contributed by atoms with Gasteiger partial charge in [-0.3, -0.25) is 9.69 Å². The monoisotopic (exact) mass is 291 g/mol. The van der Waals surface area contributed by atoms with E-state index in [1.54, 1.807) is 12.0 Å². The van der Waals surface area contributed by atoms with Gasteiger partial charge in [0, 0.05) is 26.2 Å². The smallest absolute Gasteiger partial charge is 0.236 e. The predicted molar refractivity (Wildman–Crippen MR) is 83.2 cm³/mol. The van der Waals surface area contributed by atoms with Crippen molar-refractivity contribution in [1.82, 2.24) is 9.80 Å². The molecule has 1 amide bonds. The molecular formula is C16H25N3O2. The first kappa shape index (κ1) is 15.8. The largest absolute Gasteiger partial charge is 0.497 e. The number of methoxy groups -OCH3 is 1. The summed E-state index contributed by atoms with van der Waals surface area (Å²) in [4.78, 5) is 16.1. The summed E-state index contributed by atoms with van der Waals surface area (Å²) < 4.78 is 5.30. The Kier molecular flexibility index (Phi) is 5.20. The van der Waals surface area contributed by atoms with E-state index in [0.29, 0.717) is 6.54 Å². The van der Waals surface area contributed by atoms with Crippen molar-refractivity contribution in [1.29, 1.82) is 0 Å². The van der Waals surface area contributed by atoms with Gasteiger partial charge in [0.25, 0.3) is 0 Å². The summed E-state index contributed by atoms with van der Waals surface area (Å²) in [6.07, 6.45) is 0.968. The molecule has 1 aromatic rings. The molecule has 1 aromatic carbocycles. The zero-order valence-electron chi connectivity index (χ0n) is 13.1. The standard InChI is InChI=1S/C16H25N3O2/c1-12(17)16(13-6-4-7-14(10-13)21-3)19-9-5-8-18(2)15(20)11-19/h4,6-7,10,12,16H,5,8-9,11,17H2,1-3H3. The van der Waals surface area contributed by atoms with Crippen molar-refractivity contribution in [2.24, 2.45) is 5.73 Å². The lowest BCUT2D eigenvalue weighted by molar-refractivity contribution is -0.130. The first-order valence-electron chi connectivity index (χ1n) is 7.40. The number of benzene rings is 1. The Hall–Kier alpha value is -1.59. The van der Waals surface area contributed by atoms with Crippen LogP contribution in [0.5, 0.6) is 5.75 Å². The molecule has 2 unspecified atom stereocenters. The van der Waals surface area contributed by atoms with Crippen molar-refractivity contribution < 1.29 is 9.53 Å². The topological polar surface area (TPSA) is 58.8 Å². The van der Waals surface area contributed by atoms with Crippen molar-refractivity contribution in [3.05, 3.63) is 29.8 Å². The highest BCUT2D eigenvalue weighted by Gasteiger charge is 2.28. The number of nitrogens with zero attached hydrogens (tertiary/aromatic N) is 2. The van der Waals surface area contributed by atoms with E-state index in [-0.39, 0.29) is 18.0 Å². The quantitative estimate of drug-likeness (QED) is 0.907. The van der Waals surface area contributed by atoms with Crippen molar-refractivity contribution in [3.8, 4) is 5.75 Å². The summed E-state index contributed by atoms with van der Waals surface area (Å²) >= 11 is 0. The molecule has 1 heterocycles. The minimum atomic E-state index is -0.0617. The lowest BCUT2D eigenvalue weighted by Gasteiger charge is -2.33. The Labute approximate surface area is 126 Å². The van der Waals surface area contributed by atoms with E-state index in [0.717, 1.165) is 30.8 Å². The maximum atomic E-state index is 12.1. The lowest BCUT2D eigenvalue weighted by Crippen LogP contribution is -2.43. The molecule has 0 saturated carbocycles. The fourth-order valence-electron chi connectivity index (χ4n) is 2.92. The Morgan fingerprint density at radius 3 is 2.76 bits per heavy atom. The average Bonchev–Trinajstić information content (AvgIpc) is 2.61. The van der Waals surface area contributed by atoms with Crippen LogP contribution in [-0.4, -0.2) is 55.5 Å². The van der Waals surface area contributed by atoms with E-state index in [9.17, 15) is 4.79 Å². The second-order valence-electron chi connectivity index (χ2n) is 5.72.